The van der Waals surface area contributed by atoms with Crippen molar-refractivity contribution in [1.82, 2.24) is 40.4 Å². The third-order valence-corrected chi connectivity index (χ3v) is 13.6. The van der Waals surface area contributed by atoms with Gasteiger partial charge in [-0.3, -0.25) is 9.59 Å². The number of benzene rings is 3. The lowest BCUT2D eigenvalue weighted by atomic mass is 9.80. The van der Waals surface area contributed by atoms with Crippen molar-refractivity contribution in [3.8, 4) is 22.4 Å². The van der Waals surface area contributed by atoms with E-state index in [1.54, 1.807) is 0 Å². The molecule has 3 saturated heterocycles. The molecule has 5 aromatic rings. The van der Waals surface area contributed by atoms with E-state index in [0.717, 1.165) is 88.7 Å². The molecule has 62 heavy (non-hydrogen) atoms. The molecule has 4 N–H and O–H groups in total. The van der Waals surface area contributed by atoms with Gasteiger partial charge in [0.1, 0.15) is 23.7 Å². The van der Waals surface area contributed by atoms with Gasteiger partial charge >= 0.3 is 12.2 Å². The number of H-pyrrole nitrogens is 2. The molecule has 1 aliphatic carbocycles. The molecule has 1 saturated carbocycles. The first-order valence-electron chi connectivity index (χ1n) is 21.8. The van der Waals surface area contributed by atoms with Gasteiger partial charge in [0.05, 0.1) is 55.8 Å². The van der Waals surface area contributed by atoms with Gasteiger partial charge in [-0.15, -0.1) is 0 Å². The van der Waals surface area contributed by atoms with Gasteiger partial charge in [0.25, 0.3) is 0 Å². The molecule has 0 radical (unpaired) electrons. The van der Waals surface area contributed by atoms with Crippen LogP contribution in [-0.4, -0.2) is 106 Å². The predicted octanol–water partition coefficient (Wildman–Crippen LogP) is 7.27. The fourth-order valence-electron chi connectivity index (χ4n) is 10.1. The van der Waals surface area contributed by atoms with E-state index in [4.69, 9.17) is 24.2 Å². The highest BCUT2D eigenvalue weighted by atomic mass is 16.5. The summed E-state index contributed by atoms with van der Waals surface area (Å²) >= 11 is 0. The minimum Gasteiger partial charge on any atom is -0.453 e. The number of carbonyl (C=O) groups excluding carboxylic acids is 4. The average Bonchev–Trinajstić information content (AvgIpc) is 3.70. The van der Waals surface area contributed by atoms with Gasteiger partial charge in [0.15, 0.2) is 0 Å². The van der Waals surface area contributed by atoms with Crippen molar-refractivity contribution in [3.05, 3.63) is 72.4 Å². The minimum atomic E-state index is -0.739. The van der Waals surface area contributed by atoms with E-state index in [2.05, 4.69) is 75.2 Å². The van der Waals surface area contributed by atoms with Gasteiger partial charge in [-0.1, -0.05) is 70.2 Å². The molecule has 0 unspecified atom stereocenters. The van der Waals surface area contributed by atoms with Crippen LogP contribution in [0, 0.1) is 23.2 Å². The van der Waals surface area contributed by atoms with Crippen LogP contribution in [0.5, 0.6) is 0 Å². The number of likely N-dealkylation sites (tertiary alicyclic amines) is 2. The Hall–Kier alpha value is -5.96. The lowest BCUT2D eigenvalue weighted by molar-refractivity contribution is -0.137. The summed E-state index contributed by atoms with van der Waals surface area (Å²) in [6.07, 6.45) is 5.00. The first kappa shape index (κ1) is 41.4. The number of aromatic nitrogens is 4. The molecule has 3 aliphatic heterocycles. The largest absolute Gasteiger partial charge is 0.453 e. The first-order chi connectivity index (χ1) is 29.9. The smallest absolute Gasteiger partial charge is 0.407 e. The maximum atomic E-state index is 14.2. The summed E-state index contributed by atoms with van der Waals surface area (Å²) in [7, 11) is 2.60. The van der Waals surface area contributed by atoms with Crippen molar-refractivity contribution in [2.45, 2.75) is 90.0 Å². The van der Waals surface area contributed by atoms with E-state index in [-0.39, 0.29) is 47.2 Å². The molecule has 4 fully saturated rings. The summed E-state index contributed by atoms with van der Waals surface area (Å²) in [4.78, 5) is 73.3. The predicted molar refractivity (Wildman–Crippen MR) is 233 cm³/mol. The lowest BCUT2D eigenvalue weighted by Gasteiger charge is -2.33. The summed E-state index contributed by atoms with van der Waals surface area (Å²) < 4.78 is 15.6. The Morgan fingerprint density at radius 3 is 2.19 bits per heavy atom. The van der Waals surface area contributed by atoms with E-state index < -0.39 is 24.3 Å². The van der Waals surface area contributed by atoms with Crippen molar-refractivity contribution in [2.75, 3.05) is 34.0 Å². The fraction of sp³-hybridized carbons (Fsp3) is 0.489. The maximum absolute atomic E-state index is 14.2. The third kappa shape index (κ3) is 7.64. The highest BCUT2D eigenvalue weighted by molar-refractivity contribution is 6.05. The second-order valence-corrected chi connectivity index (χ2v) is 18.4. The first-order valence-corrected chi connectivity index (χ1v) is 21.8. The van der Waals surface area contributed by atoms with E-state index in [9.17, 15) is 19.2 Å². The van der Waals surface area contributed by atoms with Crippen LogP contribution in [-0.2, 0) is 23.8 Å². The zero-order chi connectivity index (χ0) is 43.4. The van der Waals surface area contributed by atoms with Crippen molar-refractivity contribution in [3.63, 3.8) is 0 Å². The number of nitrogens with zero attached hydrogens (tertiary/aromatic N) is 4. The molecule has 2 aromatic heterocycles. The SMILES string of the molecule is COC(=O)N[C@H](C(=O)N1C[C@]2(CCCOC2)C[C@H]1c1ncc(-c2ccc(-c3ccc4c(ccc5[nH]c([C@@H]6C[C@H]7C[C@H]7N6C(=O)[C@@H](NC(=O)OC)C(C)C)nc54)c3)cc2)[nH]1)C(C)C. The Morgan fingerprint density at radius 1 is 0.823 bits per heavy atom. The Bertz CT molecular complexity index is 2510. The zero-order valence-electron chi connectivity index (χ0n) is 36.2. The lowest BCUT2D eigenvalue weighted by Crippen LogP contribution is -2.52. The number of carbonyl (C=O) groups is 4. The highest BCUT2D eigenvalue weighted by Crippen LogP contribution is 2.54. The second kappa shape index (κ2) is 16.4. The van der Waals surface area contributed by atoms with E-state index >= 15 is 0 Å². The maximum Gasteiger partial charge on any atom is 0.407 e. The number of rotatable bonds is 10. The number of aromatic amines is 2. The van der Waals surface area contributed by atoms with Crippen LogP contribution in [0.1, 0.15) is 83.5 Å². The number of hydrogen-bond acceptors (Lipinski definition) is 9. The number of ether oxygens (including phenoxy) is 3. The number of amides is 4. The van der Waals surface area contributed by atoms with Gasteiger partial charge in [0, 0.05) is 30.0 Å². The summed E-state index contributed by atoms with van der Waals surface area (Å²) in [5.74, 6) is 1.40. The highest BCUT2D eigenvalue weighted by Gasteiger charge is 2.56. The molecule has 15 nitrogen and oxygen atoms in total. The van der Waals surface area contributed by atoms with Crippen molar-refractivity contribution < 1.29 is 33.4 Å². The zero-order valence-corrected chi connectivity index (χ0v) is 36.2. The Kier molecular flexibility index (Phi) is 10.9. The normalized spacial score (nSPS) is 24.1. The van der Waals surface area contributed by atoms with Gasteiger partial charge in [-0.2, -0.15) is 0 Å². The van der Waals surface area contributed by atoms with Gasteiger partial charge in [0.2, 0.25) is 11.8 Å². The number of hydrogen-bond donors (Lipinski definition) is 4. The summed E-state index contributed by atoms with van der Waals surface area (Å²) in [6, 6.07) is 17.1. The van der Waals surface area contributed by atoms with Crippen molar-refractivity contribution in [2.24, 2.45) is 23.2 Å². The van der Waals surface area contributed by atoms with Crippen LogP contribution >= 0.6 is 0 Å². The summed E-state index contributed by atoms with van der Waals surface area (Å²) in [5.41, 5.74) is 5.54. The van der Waals surface area contributed by atoms with Crippen molar-refractivity contribution in [1.29, 1.82) is 0 Å². The second-order valence-electron chi connectivity index (χ2n) is 18.4. The van der Waals surface area contributed by atoms with Gasteiger partial charge in [-0.25, -0.2) is 19.6 Å². The van der Waals surface area contributed by atoms with E-state index in [1.807, 2.05) is 43.7 Å². The topological polar surface area (TPSA) is 184 Å². The Labute approximate surface area is 360 Å². The number of nitrogens with one attached hydrogen (secondary N) is 4. The molecule has 326 valence electrons. The van der Waals surface area contributed by atoms with Crippen LogP contribution in [0.4, 0.5) is 9.59 Å². The molecule has 9 rings (SSSR count). The number of piperidine rings is 1. The van der Waals surface area contributed by atoms with Crippen LogP contribution in [0.15, 0.2) is 60.8 Å². The standard InChI is InChI=1S/C47H56N8O7/c1-25(2)38(52-45(58)60-5)43(56)54-23-47(16-7-17-62-24-47)21-37(54)41-48-22-34(50-41)28-10-8-27(9-11-28)29-12-14-32-30(18-29)13-15-33-40(32)51-42(49-33)36-20-31-19-35(31)55(36)44(57)39(26(3)4)53-46(59)61-6/h8-15,18,22,25-26,31,35-39H,7,16-17,19-21,23-24H2,1-6H3,(H,48,50)(H,49,51)(H,52,58)(H,53,59)/t31-,35-,36+,37+,38+,39+,47+/m1/s1. The summed E-state index contributed by atoms with van der Waals surface area (Å²) in [5, 5.41) is 7.59. The van der Waals surface area contributed by atoms with E-state index in [0.29, 0.717) is 24.9 Å². The third-order valence-electron chi connectivity index (χ3n) is 13.6. The number of imidazole rings is 2. The van der Waals surface area contributed by atoms with E-state index in [1.165, 1.54) is 14.2 Å². The molecule has 3 aromatic carbocycles. The van der Waals surface area contributed by atoms with Crippen molar-refractivity contribution >= 4 is 45.8 Å². The monoisotopic (exact) mass is 844 g/mol. The molecular formula is C47H56N8O7. The molecule has 1 spiro atoms. The fourth-order valence-corrected chi connectivity index (χ4v) is 10.1. The Balaban J connectivity index is 0.936. The molecule has 7 atom stereocenters. The molecule has 4 amide bonds. The Morgan fingerprint density at radius 2 is 1.52 bits per heavy atom. The quantitative estimate of drug-likeness (QED) is 0.112. The molecule has 15 heteroatoms. The van der Waals surface area contributed by atoms with Crippen LogP contribution in [0.25, 0.3) is 44.2 Å². The van der Waals surface area contributed by atoms with Gasteiger partial charge in [-0.05, 0) is 84.1 Å². The van der Waals surface area contributed by atoms with Crippen LogP contribution < -0.4 is 10.6 Å². The molecular weight excluding hydrogens is 789 g/mol. The summed E-state index contributed by atoms with van der Waals surface area (Å²) in [6.45, 7) is 9.52. The minimum absolute atomic E-state index is 0.101. The number of alkyl carbamates (subject to hydrolysis) is 2. The van der Waals surface area contributed by atoms with Gasteiger partial charge < -0.3 is 44.6 Å². The molecule has 4 aliphatic rings. The molecule has 0 bridgehead atoms. The van der Waals surface area contributed by atoms with Crippen LogP contribution in [0.2, 0.25) is 0 Å². The van der Waals surface area contributed by atoms with Crippen LogP contribution in [0.3, 0.4) is 0 Å². The molecule has 5 heterocycles. The number of methoxy groups -OCH3 is 2. The average molecular weight is 845 g/mol. The number of fused-ring (bicyclic) bond motifs is 4.